The lowest BCUT2D eigenvalue weighted by Crippen LogP contribution is -2.44. The summed E-state index contributed by atoms with van der Waals surface area (Å²) in [6.45, 7) is 10.3. The number of aromatic nitrogens is 2. The number of nitrogens with zero attached hydrogens (tertiary/aromatic N) is 4. The Morgan fingerprint density at radius 2 is 1.86 bits per heavy atom. The highest BCUT2D eigenvalue weighted by molar-refractivity contribution is 5.77. The first kappa shape index (κ1) is 19.1. The van der Waals surface area contributed by atoms with Crippen molar-refractivity contribution in [2.24, 2.45) is 4.99 Å². The van der Waals surface area contributed by atoms with Gasteiger partial charge in [0.05, 0.1) is 11.4 Å². The molecule has 6 heteroatoms. The molecule has 1 N–H and O–H groups in total. The minimum atomic E-state index is -0.258. The number of anilines is 2. The number of hydrogen-bond donors (Lipinski definition) is 1. The van der Waals surface area contributed by atoms with Crippen molar-refractivity contribution in [3.8, 4) is 0 Å². The number of fused-ring (bicyclic) bond motifs is 2. The first-order chi connectivity index (χ1) is 13.9. The highest BCUT2D eigenvalue weighted by atomic mass is 16.1. The van der Waals surface area contributed by atoms with Crippen LogP contribution in [-0.2, 0) is 6.54 Å². The zero-order valence-corrected chi connectivity index (χ0v) is 17.1. The first-order valence-electron chi connectivity index (χ1n) is 9.71. The van der Waals surface area contributed by atoms with E-state index in [1.165, 1.54) is 11.1 Å². The van der Waals surface area contributed by atoms with Crippen LogP contribution in [0.1, 0.15) is 16.7 Å². The van der Waals surface area contributed by atoms with Crippen molar-refractivity contribution >= 4 is 23.8 Å². The van der Waals surface area contributed by atoms with Gasteiger partial charge in [-0.15, -0.1) is 0 Å². The summed E-state index contributed by atoms with van der Waals surface area (Å²) >= 11 is 0. The van der Waals surface area contributed by atoms with Crippen molar-refractivity contribution < 1.29 is 0 Å². The largest absolute Gasteiger partial charge is 0.321 e. The van der Waals surface area contributed by atoms with Crippen molar-refractivity contribution in [3.63, 3.8) is 0 Å². The second kappa shape index (κ2) is 7.64. The standard InChI is InChI=1S/C23H25N5O/c1-15-12-19-20(13-16(15)2)28(22-21(26-19)23(29)25-17(3)24-22)11-10-27(4)14-18-8-6-5-7-9-18/h5-9,12-13H,3,10-11,14H2,1-2,4H3,(H,25,29). The lowest BCUT2D eigenvalue weighted by molar-refractivity contribution is 0.335. The topological polar surface area (TPSA) is 64.6 Å². The van der Waals surface area contributed by atoms with Gasteiger partial charge in [-0.2, -0.15) is 0 Å². The maximum Gasteiger partial charge on any atom is 0.279 e. The Morgan fingerprint density at radius 1 is 1.14 bits per heavy atom. The minimum absolute atomic E-state index is 0.258. The molecule has 1 aromatic heterocycles. The van der Waals surface area contributed by atoms with Gasteiger partial charge in [0.15, 0.2) is 11.2 Å². The second-order valence-corrected chi connectivity index (χ2v) is 7.60. The van der Waals surface area contributed by atoms with Crippen molar-refractivity contribution in [2.45, 2.75) is 20.4 Å². The molecule has 2 heterocycles. The molecule has 29 heavy (non-hydrogen) atoms. The Labute approximate surface area is 169 Å². The van der Waals surface area contributed by atoms with E-state index in [0.29, 0.717) is 23.2 Å². The molecule has 0 unspecified atom stereocenters. The number of H-pyrrole nitrogens is 1. The molecule has 0 saturated heterocycles. The van der Waals surface area contributed by atoms with Crippen LogP contribution in [0.2, 0.25) is 0 Å². The van der Waals surface area contributed by atoms with Crippen LogP contribution in [0.4, 0.5) is 17.2 Å². The minimum Gasteiger partial charge on any atom is -0.321 e. The van der Waals surface area contributed by atoms with E-state index in [-0.39, 0.29) is 5.56 Å². The fourth-order valence-electron chi connectivity index (χ4n) is 3.59. The monoisotopic (exact) mass is 387 g/mol. The third-order valence-electron chi connectivity index (χ3n) is 5.30. The predicted molar refractivity (Wildman–Crippen MR) is 117 cm³/mol. The summed E-state index contributed by atoms with van der Waals surface area (Å²) in [6, 6.07) is 14.5. The maximum atomic E-state index is 12.5. The zero-order chi connectivity index (χ0) is 20.5. The summed E-state index contributed by atoms with van der Waals surface area (Å²) in [4.78, 5) is 28.6. The number of aryl methyl sites for hydroxylation is 2. The quantitative estimate of drug-likeness (QED) is 0.730. The lowest BCUT2D eigenvalue weighted by atomic mass is 10.1. The van der Waals surface area contributed by atoms with Crippen molar-refractivity contribution in [3.05, 3.63) is 80.3 Å². The molecule has 6 nitrogen and oxygen atoms in total. The van der Waals surface area contributed by atoms with E-state index in [9.17, 15) is 4.79 Å². The van der Waals surface area contributed by atoms with Gasteiger partial charge >= 0.3 is 0 Å². The first-order valence-corrected chi connectivity index (χ1v) is 9.71. The Morgan fingerprint density at radius 3 is 2.62 bits per heavy atom. The van der Waals surface area contributed by atoms with Crippen LogP contribution in [0.5, 0.6) is 0 Å². The molecule has 0 radical (unpaired) electrons. The van der Waals surface area contributed by atoms with Crippen LogP contribution >= 0.6 is 0 Å². The summed E-state index contributed by atoms with van der Waals surface area (Å²) in [5.74, 6) is 0.572. The van der Waals surface area contributed by atoms with Crippen molar-refractivity contribution in [2.75, 3.05) is 25.0 Å². The normalized spacial score (nSPS) is 12.5. The third-order valence-corrected chi connectivity index (χ3v) is 5.30. The van der Waals surface area contributed by atoms with E-state index in [1.807, 2.05) is 12.1 Å². The number of nitrogens with one attached hydrogen (secondary N) is 1. The summed E-state index contributed by atoms with van der Waals surface area (Å²) in [5, 5.41) is 0.346. The molecule has 0 atom stereocenters. The fraction of sp³-hybridized carbons (Fsp3) is 0.261. The van der Waals surface area contributed by atoms with Gasteiger partial charge in [0.25, 0.3) is 5.56 Å². The molecule has 3 aromatic rings. The molecule has 4 rings (SSSR count). The Kier molecular flexibility index (Phi) is 5.03. The average molecular weight is 387 g/mol. The number of aromatic amines is 1. The van der Waals surface area contributed by atoms with Crippen LogP contribution in [0.25, 0.3) is 6.58 Å². The molecule has 0 bridgehead atoms. The summed E-state index contributed by atoms with van der Waals surface area (Å²) < 4.78 is 0. The van der Waals surface area contributed by atoms with E-state index >= 15 is 0 Å². The fourth-order valence-corrected chi connectivity index (χ4v) is 3.59. The smallest absolute Gasteiger partial charge is 0.279 e. The molecular formula is C23H25N5O. The molecule has 148 valence electrons. The highest BCUT2D eigenvalue weighted by Crippen LogP contribution is 2.36. The van der Waals surface area contributed by atoms with E-state index in [1.54, 1.807) is 0 Å². The van der Waals surface area contributed by atoms with Gasteiger partial charge in [0.2, 0.25) is 0 Å². The summed E-state index contributed by atoms with van der Waals surface area (Å²) in [6.07, 6.45) is 0. The predicted octanol–water partition coefficient (Wildman–Crippen LogP) is 2.33. The van der Waals surface area contributed by atoms with Crippen LogP contribution < -0.4 is 21.3 Å². The van der Waals surface area contributed by atoms with Crippen LogP contribution in [-0.4, -0.2) is 35.0 Å². The van der Waals surface area contributed by atoms with Crippen molar-refractivity contribution in [1.29, 1.82) is 0 Å². The van der Waals surface area contributed by atoms with E-state index in [2.05, 4.69) is 82.6 Å². The van der Waals surface area contributed by atoms with E-state index in [0.717, 1.165) is 30.0 Å². The van der Waals surface area contributed by atoms with Gasteiger partial charge in [-0.1, -0.05) is 36.9 Å². The van der Waals surface area contributed by atoms with Crippen molar-refractivity contribution in [1.82, 2.24) is 14.9 Å². The Hall–Kier alpha value is -3.25. The maximum absolute atomic E-state index is 12.5. The third kappa shape index (κ3) is 3.84. The molecular weight excluding hydrogens is 362 g/mol. The van der Waals surface area contributed by atoms with Gasteiger partial charge in [0, 0.05) is 19.6 Å². The van der Waals surface area contributed by atoms with Crippen LogP contribution in [0.3, 0.4) is 0 Å². The molecule has 0 spiro atoms. The molecule has 0 aliphatic carbocycles. The SMILES string of the molecule is C=c1nc2c(c(=O)[nH]1)=Nc1cc(C)c(C)cc1N2CCN(C)Cc1ccccc1. The van der Waals surface area contributed by atoms with Gasteiger partial charge in [-0.05, 0) is 49.7 Å². The molecule has 1 aliphatic rings. The summed E-state index contributed by atoms with van der Waals surface area (Å²) in [5.41, 5.74) is 5.47. The van der Waals surface area contributed by atoms with Crippen LogP contribution in [0.15, 0.2) is 52.3 Å². The van der Waals surface area contributed by atoms with Gasteiger partial charge in [-0.3, -0.25) is 4.79 Å². The van der Waals surface area contributed by atoms with Gasteiger partial charge in [0.1, 0.15) is 5.48 Å². The number of likely N-dealkylation sites (N-methyl/N-ethyl adjacent to an activating group) is 1. The Balaban J connectivity index is 1.69. The van der Waals surface area contributed by atoms with Crippen LogP contribution in [0, 0.1) is 13.8 Å². The summed E-state index contributed by atoms with van der Waals surface area (Å²) in [7, 11) is 2.10. The van der Waals surface area contributed by atoms with Gasteiger partial charge < -0.3 is 14.8 Å². The number of hydrogen-bond acceptors (Lipinski definition) is 5. The molecule has 2 aromatic carbocycles. The Bertz CT molecular complexity index is 1220. The average Bonchev–Trinajstić information content (AvgIpc) is 2.68. The van der Waals surface area contributed by atoms with E-state index in [4.69, 9.17) is 0 Å². The highest BCUT2D eigenvalue weighted by Gasteiger charge is 2.23. The van der Waals surface area contributed by atoms with E-state index < -0.39 is 0 Å². The molecule has 0 amide bonds. The zero-order valence-electron chi connectivity index (χ0n) is 17.1. The number of benzene rings is 2. The molecule has 0 saturated carbocycles. The second-order valence-electron chi connectivity index (χ2n) is 7.60. The molecule has 1 aliphatic heterocycles. The van der Waals surface area contributed by atoms with Gasteiger partial charge in [-0.25, -0.2) is 9.98 Å². The molecule has 0 fully saturated rings. The number of rotatable bonds is 5. The lowest BCUT2D eigenvalue weighted by Gasteiger charge is -2.30.